The lowest BCUT2D eigenvalue weighted by atomic mass is 10.1. The fourth-order valence-corrected chi connectivity index (χ4v) is 1.56. The number of hydrogen-bond donors (Lipinski definition) is 1. The molecule has 0 aliphatic rings. The number of carbonyl (C=O) groups is 2. The number of amides is 2. The van der Waals surface area contributed by atoms with Crippen molar-refractivity contribution < 1.29 is 9.59 Å². The molecular formula is C14H28N2O2. The van der Waals surface area contributed by atoms with Crippen LogP contribution in [0.1, 0.15) is 54.4 Å². The van der Waals surface area contributed by atoms with Crippen LogP contribution in [-0.4, -0.2) is 35.3 Å². The highest BCUT2D eigenvalue weighted by Gasteiger charge is 2.16. The largest absolute Gasteiger partial charge is 0.351 e. The second-order valence-electron chi connectivity index (χ2n) is 6.24. The van der Waals surface area contributed by atoms with E-state index < -0.39 is 0 Å². The Morgan fingerprint density at radius 1 is 1.17 bits per heavy atom. The Kier molecular flexibility index (Phi) is 6.96. The Morgan fingerprint density at radius 3 is 2.11 bits per heavy atom. The van der Waals surface area contributed by atoms with E-state index in [-0.39, 0.29) is 17.4 Å². The molecule has 4 heteroatoms. The first kappa shape index (κ1) is 16.9. The normalized spacial score (nSPS) is 11.5. The first-order chi connectivity index (χ1) is 8.11. The van der Waals surface area contributed by atoms with Crippen molar-refractivity contribution in [3.05, 3.63) is 0 Å². The lowest BCUT2D eigenvalue weighted by Gasteiger charge is -2.24. The minimum atomic E-state index is -0.212. The molecule has 2 amide bonds. The zero-order valence-corrected chi connectivity index (χ0v) is 12.7. The molecule has 0 aromatic rings. The molecule has 0 bridgehead atoms. The summed E-state index contributed by atoms with van der Waals surface area (Å²) in [6, 6.07) is 0. The number of rotatable bonds is 6. The van der Waals surface area contributed by atoms with Crippen LogP contribution in [0.25, 0.3) is 0 Å². The SMILES string of the molecule is CC(=O)N(CCC(=O)NC(C)(C)C)CCC(C)C. The quantitative estimate of drug-likeness (QED) is 0.792. The van der Waals surface area contributed by atoms with E-state index in [0.29, 0.717) is 18.9 Å². The maximum Gasteiger partial charge on any atom is 0.222 e. The van der Waals surface area contributed by atoms with Gasteiger partial charge in [0.2, 0.25) is 11.8 Å². The van der Waals surface area contributed by atoms with Gasteiger partial charge in [-0.2, -0.15) is 0 Å². The molecule has 1 N–H and O–H groups in total. The van der Waals surface area contributed by atoms with Crippen molar-refractivity contribution in [2.75, 3.05) is 13.1 Å². The van der Waals surface area contributed by atoms with Gasteiger partial charge in [0.15, 0.2) is 0 Å². The van der Waals surface area contributed by atoms with E-state index in [4.69, 9.17) is 0 Å². The third-order valence-electron chi connectivity index (χ3n) is 2.54. The van der Waals surface area contributed by atoms with E-state index in [1.165, 1.54) is 0 Å². The molecular weight excluding hydrogens is 228 g/mol. The number of nitrogens with one attached hydrogen (secondary N) is 1. The van der Waals surface area contributed by atoms with Crippen LogP contribution in [0.4, 0.5) is 0 Å². The molecule has 18 heavy (non-hydrogen) atoms. The van der Waals surface area contributed by atoms with E-state index in [2.05, 4.69) is 19.2 Å². The van der Waals surface area contributed by atoms with Gasteiger partial charge >= 0.3 is 0 Å². The second-order valence-corrected chi connectivity index (χ2v) is 6.24. The van der Waals surface area contributed by atoms with Crippen LogP contribution in [0.2, 0.25) is 0 Å². The molecule has 0 heterocycles. The third kappa shape index (κ3) is 9.02. The fourth-order valence-electron chi connectivity index (χ4n) is 1.56. The molecule has 4 nitrogen and oxygen atoms in total. The zero-order valence-electron chi connectivity index (χ0n) is 12.7. The molecule has 0 saturated heterocycles. The van der Waals surface area contributed by atoms with Crippen LogP contribution in [0.15, 0.2) is 0 Å². The van der Waals surface area contributed by atoms with E-state index in [9.17, 15) is 9.59 Å². The van der Waals surface area contributed by atoms with Crippen LogP contribution >= 0.6 is 0 Å². The van der Waals surface area contributed by atoms with Gasteiger partial charge in [0.25, 0.3) is 0 Å². The average Bonchev–Trinajstić information content (AvgIpc) is 2.13. The molecule has 106 valence electrons. The van der Waals surface area contributed by atoms with Gasteiger partial charge in [-0.05, 0) is 33.1 Å². The Bertz CT molecular complexity index is 280. The molecule has 0 fully saturated rings. The lowest BCUT2D eigenvalue weighted by Crippen LogP contribution is -2.42. The summed E-state index contributed by atoms with van der Waals surface area (Å²) in [5.74, 6) is 0.604. The summed E-state index contributed by atoms with van der Waals surface area (Å²) in [6.07, 6.45) is 1.34. The predicted octanol–water partition coefficient (Wildman–Crippen LogP) is 2.19. The highest BCUT2D eigenvalue weighted by atomic mass is 16.2. The van der Waals surface area contributed by atoms with Crippen molar-refractivity contribution >= 4 is 11.8 Å². The molecule has 0 aliphatic carbocycles. The van der Waals surface area contributed by atoms with Crippen molar-refractivity contribution in [2.45, 2.75) is 59.9 Å². The lowest BCUT2D eigenvalue weighted by molar-refractivity contribution is -0.130. The maximum absolute atomic E-state index is 11.7. The van der Waals surface area contributed by atoms with Crippen molar-refractivity contribution in [2.24, 2.45) is 5.92 Å². The minimum absolute atomic E-state index is 0.00158. The van der Waals surface area contributed by atoms with Gasteiger partial charge in [0.1, 0.15) is 0 Å². The van der Waals surface area contributed by atoms with E-state index in [0.717, 1.165) is 13.0 Å². The maximum atomic E-state index is 11.7. The number of carbonyl (C=O) groups excluding carboxylic acids is 2. The highest BCUT2D eigenvalue weighted by Crippen LogP contribution is 2.04. The van der Waals surface area contributed by atoms with E-state index >= 15 is 0 Å². The molecule has 0 aromatic carbocycles. The monoisotopic (exact) mass is 256 g/mol. The van der Waals surface area contributed by atoms with Crippen molar-refractivity contribution in [3.8, 4) is 0 Å². The van der Waals surface area contributed by atoms with Crippen molar-refractivity contribution in [1.82, 2.24) is 10.2 Å². The number of nitrogens with zero attached hydrogens (tertiary/aromatic N) is 1. The van der Waals surface area contributed by atoms with E-state index in [1.54, 1.807) is 11.8 Å². The summed E-state index contributed by atoms with van der Waals surface area (Å²) < 4.78 is 0. The summed E-state index contributed by atoms with van der Waals surface area (Å²) >= 11 is 0. The van der Waals surface area contributed by atoms with Gasteiger partial charge in [-0.3, -0.25) is 9.59 Å². The highest BCUT2D eigenvalue weighted by molar-refractivity contribution is 5.78. The first-order valence-electron chi connectivity index (χ1n) is 6.68. The molecule has 0 saturated carbocycles. The standard InChI is InChI=1S/C14H28N2O2/c1-11(2)7-9-16(12(3)17)10-8-13(18)15-14(4,5)6/h11H,7-10H2,1-6H3,(H,15,18). The summed E-state index contributed by atoms with van der Waals surface area (Å²) in [4.78, 5) is 24.9. The Morgan fingerprint density at radius 2 is 1.72 bits per heavy atom. The molecule has 0 atom stereocenters. The molecule has 0 aromatic heterocycles. The van der Waals surface area contributed by atoms with Gasteiger partial charge in [-0.15, -0.1) is 0 Å². The van der Waals surface area contributed by atoms with Crippen molar-refractivity contribution in [1.29, 1.82) is 0 Å². The third-order valence-corrected chi connectivity index (χ3v) is 2.54. The minimum Gasteiger partial charge on any atom is -0.351 e. The smallest absolute Gasteiger partial charge is 0.222 e. The predicted molar refractivity (Wildman–Crippen MR) is 74.2 cm³/mol. The molecule has 0 radical (unpaired) electrons. The van der Waals surface area contributed by atoms with Crippen LogP contribution < -0.4 is 5.32 Å². The summed E-state index contributed by atoms with van der Waals surface area (Å²) in [5, 5.41) is 2.90. The fraction of sp³-hybridized carbons (Fsp3) is 0.857. The molecule has 0 aliphatic heterocycles. The molecule has 0 unspecified atom stereocenters. The Hall–Kier alpha value is -1.06. The topological polar surface area (TPSA) is 49.4 Å². The van der Waals surface area contributed by atoms with Gasteiger partial charge in [-0.1, -0.05) is 13.8 Å². The summed E-state index contributed by atoms with van der Waals surface area (Å²) in [7, 11) is 0. The Labute approximate surface area is 111 Å². The molecule has 0 spiro atoms. The molecule has 0 rings (SSSR count). The van der Waals surface area contributed by atoms with Crippen LogP contribution in [0.5, 0.6) is 0 Å². The average molecular weight is 256 g/mol. The van der Waals surface area contributed by atoms with Crippen LogP contribution in [-0.2, 0) is 9.59 Å². The van der Waals surface area contributed by atoms with Gasteiger partial charge in [0, 0.05) is 32.0 Å². The van der Waals surface area contributed by atoms with Gasteiger partial charge in [0.05, 0.1) is 0 Å². The number of hydrogen-bond acceptors (Lipinski definition) is 2. The first-order valence-corrected chi connectivity index (χ1v) is 6.68. The summed E-state index contributed by atoms with van der Waals surface area (Å²) in [6.45, 7) is 12.9. The summed E-state index contributed by atoms with van der Waals surface area (Å²) in [5.41, 5.74) is -0.212. The van der Waals surface area contributed by atoms with Crippen LogP contribution in [0.3, 0.4) is 0 Å². The van der Waals surface area contributed by atoms with E-state index in [1.807, 2.05) is 20.8 Å². The van der Waals surface area contributed by atoms with Crippen LogP contribution in [0, 0.1) is 5.92 Å². The Balaban J connectivity index is 4.11. The van der Waals surface area contributed by atoms with Gasteiger partial charge in [-0.25, -0.2) is 0 Å². The zero-order chi connectivity index (χ0) is 14.3. The van der Waals surface area contributed by atoms with Crippen molar-refractivity contribution in [3.63, 3.8) is 0 Å². The second kappa shape index (κ2) is 7.39. The van der Waals surface area contributed by atoms with Gasteiger partial charge < -0.3 is 10.2 Å².